The SMILES string of the molecule is O=C(O)C1CCCN(C(=O)c2cn(Cc3cccc(F)c3)nn2)C1. The predicted molar refractivity (Wildman–Crippen MR) is 81.8 cm³/mol. The number of carbonyl (C=O) groups is 2. The van der Waals surface area contributed by atoms with Crippen molar-refractivity contribution in [1.82, 2.24) is 19.9 Å². The Kier molecular flexibility index (Phi) is 4.54. The molecule has 1 unspecified atom stereocenters. The molecule has 1 amide bonds. The lowest BCUT2D eigenvalue weighted by molar-refractivity contribution is -0.143. The Morgan fingerprint density at radius 2 is 2.21 bits per heavy atom. The molecule has 3 rings (SSSR count). The Balaban J connectivity index is 1.68. The lowest BCUT2D eigenvalue weighted by Gasteiger charge is -2.29. The molecule has 7 nitrogen and oxygen atoms in total. The van der Waals surface area contributed by atoms with Crippen LogP contribution in [0.5, 0.6) is 0 Å². The first-order valence-corrected chi connectivity index (χ1v) is 7.69. The minimum Gasteiger partial charge on any atom is -0.481 e. The van der Waals surface area contributed by atoms with Gasteiger partial charge in [0.1, 0.15) is 5.82 Å². The highest BCUT2D eigenvalue weighted by atomic mass is 19.1. The van der Waals surface area contributed by atoms with Crippen LogP contribution < -0.4 is 0 Å². The number of hydrogen-bond acceptors (Lipinski definition) is 4. The fourth-order valence-corrected chi connectivity index (χ4v) is 2.82. The molecule has 2 heterocycles. The average molecular weight is 332 g/mol. The van der Waals surface area contributed by atoms with Gasteiger partial charge in [-0.2, -0.15) is 0 Å². The molecule has 1 aromatic carbocycles. The number of carboxylic acids is 1. The summed E-state index contributed by atoms with van der Waals surface area (Å²) < 4.78 is 14.7. The zero-order valence-electron chi connectivity index (χ0n) is 12.9. The van der Waals surface area contributed by atoms with Crippen molar-refractivity contribution >= 4 is 11.9 Å². The van der Waals surface area contributed by atoms with Gasteiger partial charge in [0.05, 0.1) is 18.7 Å². The summed E-state index contributed by atoms with van der Waals surface area (Å²) in [4.78, 5) is 25.0. The number of piperidine rings is 1. The highest BCUT2D eigenvalue weighted by Gasteiger charge is 2.29. The quantitative estimate of drug-likeness (QED) is 0.914. The molecule has 1 aliphatic rings. The van der Waals surface area contributed by atoms with E-state index < -0.39 is 11.9 Å². The van der Waals surface area contributed by atoms with E-state index in [0.29, 0.717) is 31.5 Å². The summed E-state index contributed by atoms with van der Waals surface area (Å²) in [5.41, 5.74) is 0.875. The van der Waals surface area contributed by atoms with E-state index in [0.717, 1.165) is 0 Å². The zero-order chi connectivity index (χ0) is 17.1. The Morgan fingerprint density at radius 3 is 2.96 bits per heavy atom. The second-order valence-corrected chi connectivity index (χ2v) is 5.86. The summed E-state index contributed by atoms with van der Waals surface area (Å²) in [6.07, 6.45) is 2.73. The van der Waals surface area contributed by atoms with Crippen LogP contribution in [0.25, 0.3) is 0 Å². The summed E-state index contributed by atoms with van der Waals surface area (Å²) in [6.45, 7) is 1.00. The molecule has 0 saturated carbocycles. The molecule has 0 aliphatic carbocycles. The van der Waals surface area contributed by atoms with Crippen molar-refractivity contribution in [2.75, 3.05) is 13.1 Å². The minimum absolute atomic E-state index is 0.164. The van der Waals surface area contributed by atoms with E-state index in [1.807, 2.05) is 0 Å². The number of hydrogen-bond donors (Lipinski definition) is 1. The highest BCUT2D eigenvalue weighted by molar-refractivity contribution is 5.92. The molecule has 1 aliphatic heterocycles. The molecule has 1 atom stereocenters. The van der Waals surface area contributed by atoms with Gasteiger partial charge in [-0.1, -0.05) is 17.3 Å². The van der Waals surface area contributed by atoms with E-state index in [1.165, 1.54) is 27.9 Å². The van der Waals surface area contributed by atoms with Crippen LogP contribution >= 0.6 is 0 Å². The van der Waals surface area contributed by atoms with Crippen LogP contribution in [0.2, 0.25) is 0 Å². The van der Waals surface area contributed by atoms with Gasteiger partial charge in [0.2, 0.25) is 0 Å². The maximum absolute atomic E-state index is 13.2. The minimum atomic E-state index is -0.887. The van der Waals surface area contributed by atoms with E-state index >= 15 is 0 Å². The molecule has 0 spiro atoms. The molecule has 1 aromatic heterocycles. The summed E-state index contributed by atoms with van der Waals surface area (Å²) >= 11 is 0. The number of carboxylic acid groups (broad SMARTS) is 1. The molecular weight excluding hydrogens is 315 g/mol. The maximum atomic E-state index is 13.2. The first kappa shape index (κ1) is 16.1. The van der Waals surface area contributed by atoms with Crippen LogP contribution in [0, 0.1) is 11.7 Å². The number of aliphatic carboxylic acids is 1. The van der Waals surface area contributed by atoms with Crippen LogP contribution in [0.3, 0.4) is 0 Å². The van der Waals surface area contributed by atoms with E-state index in [9.17, 15) is 14.0 Å². The van der Waals surface area contributed by atoms with Crippen LogP contribution in [-0.4, -0.2) is 50.0 Å². The second kappa shape index (κ2) is 6.77. The monoisotopic (exact) mass is 332 g/mol. The van der Waals surface area contributed by atoms with Gasteiger partial charge in [-0.05, 0) is 30.5 Å². The topological polar surface area (TPSA) is 88.3 Å². The number of amides is 1. The average Bonchev–Trinajstić information content (AvgIpc) is 3.02. The molecule has 2 aromatic rings. The largest absolute Gasteiger partial charge is 0.481 e. The van der Waals surface area contributed by atoms with E-state index in [2.05, 4.69) is 10.3 Å². The number of likely N-dealkylation sites (tertiary alicyclic amines) is 1. The number of rotatable bonds is 4. The smallest absolute Gasteiger partial charge is 0.308 e. The zero-order valence-corrected chi connectivity index (χ0v) is 12.9. The van der Waals surface area contributed by atoms with Gasteiger partial charge in [0, 0.05) is 13.1 Å². The van der Waals surface area contributed by atoms with Gasteiger partial charge in [-0.15, -0.1) is 5.10 Å². The molecule has 1 saturated heterocycles. The molecule has 1 N–H and O–H groups in total. The third kappa shape index (κ3) is 3.58. The Bertz CT molecular complexity index is 761. The Labute approximate surface area is 137 Å². The Morgan fingerprint density at radius 1 is 1.38 bits per heavy atom. The van der Waals surface area contributed by atoms with Crippen molar-refractivity contribution in [3.8, 4) is 0 Å². The maximum Gasteiger partial charge on any atom is 0.308 e. The first-order chi connectivity index (χ1) is 11.5. The van der Waals surface area contributed by atoms with Crippen LogP contribution in [0.15, 0.2) is 30.5 Å². The third-order valence-corrected chi connectivity index (χ3v) is 4.05. The van der Waals surface area contributed by atoms with Gasteiger partial charge in [-0.25, -0.2) is 9.07 Å². The summed E-state index contributed by atoms with van der Waals surface area (Å²) in [6, 6.07) is 6.11. The van der Waals surface area contributed by atoms with Gasteiger partial charge in [0.25, 0.3) is 5.91 Å². The summed E-state index contributed by atoms with van der Waals surface area (Å²) in [5.74, 6) is -2.09. The molecule has 8 heteroatoms. The number of carbonyl (C=O) groups excluding carboxylic acids is 1. The first-order valence-electron chi connectivity index (χ1n) is 7.69. The van der Waals surface area contributed by atoms with Crippen molar-refractivity contribution in [2.24, 2.45) is 5.92 Å². The Hall–Kier alpha value is -2.77. The van der Waals surface area contributed by atoms with Crippen molar-refractivity contribution in [3.63, 3.8) is 0 Å². The van der Waals surface area contributed by atoms with E-state index in [1.54, 1.807) is 12.1 Å². The normalized spacial score (nSPS) is 17.7. The second-order valence-electron chi connectivity index (χ2n) is 5.86. The third-order valence-electron chi connectivity index (χ3n) is 4.05. The predicted octanol–water partition coefficient (Wildman–Crippen LogP) is 1.40. The number of nitrogens with zero attached hydrogens (tertiary/aromatic N) is 4. The number of benzene rings is 1. The fourth-order valence-electron chi connectivity index (χ4n) is 2.82. The highest BCUT2D eigenvalue weighted by Crippen LogP contribution is 2.18. The number of aromatic nitrogens is 3. The molecule has 24 heavy (non-hydrogen) atoms. The van der Waals surface area contributed by atoms with Gasteiger partial charge >= 0.3 is 5.97 Å². The van der Waals surface area contributed by atoms with E-state index in [-0.39, 0.29) is 24.0 Å². The molecular formula is C16H17FN4O3. The van der Waals surface area contributed by atoms with Gasteiger partial charge in [-0.3, -0.25) is 9.59 Å². The summed E-state index contributed by atoms with van der Waals surface area (Å²) in [5, 5.41) is 16.9. The fraction of sp³-hybridized carbons (Fsp3) is 0.375. The molecule has 0 radical (unpaired) electrons. The van der Waals surface area contributed by atoms with Gasteiger partial charge in [0.15, 0.2) is 5.69 Å². The van der Waals surface area contributed by atoms with Gasteiger partial charge < -0.3 is 10.0 Å². The molecule has 0 bridgehead atoms. The van der Waals surface area contributed by atoms with Crippen molar-refractivity contribution in [3.05, 3.63) is 47.5 Å². The van der Waals surface area contributed by atoms with Crippen molar-refractivity contribution in [2.45, 2.75) is 19.4 Å². The lowest BCUT2D eigenvalue weighted by Crippen LogP contribution is -2.42. The van der Waals surface area contributed by atoms with E-state index in [4.69, 9.17) is 5.11 Å². The van der Waals surface area contributed by atoms with Crippen LogP contribution in [-0.2, 0) is 11.3 Å². The van der Waals surface area contributed by atoms with Crippen LogP contribution in [0.1, 0.15) is 28.9 Å². The lowest BCUT2D eigenvalue weighted by atomic mass is 9.98. The number of halogens is 1. The molecule has 126 valence electrons. The summed E-state index contributed by atoms with van der Waals surface area (Å²) in [7, 11) is 0. The van der Waals surface area contributed by atoms with Crippen molar-refractivity contribution in [1.29, 1.82) is 0 Å². The van der Waals surface area contributed by atoms with Crippen LogP contribution in [0.4, 0.5) is 4.39 Å². The van der Waals surface area contributed by atoms with Crippen molar-refractivity contribution < 1.29 is 19.1 Å². The standard InChI is InChI=1S/C16H17FN4O3/c17-13-5-1-3-11(7-13)8-21-10-14(18-19-21)15(22)20-6-2-4-12(9-20)16(23)24/h1,3,5,7,10,12H,2,4,6,8-9H2,(H,23,24). The molecule has 1 fully saturated rings.